The quantitative estimate of drug-likeness (QED) is 0.860. The summed E-state index contributed by atoms with van der Waals surface area (Å²) in [6.45, 7) is 1.78. The number of nitrogens with zero attached hydrogens (tertiary/aromatic N) is 1. The van der Waals surface area contributed by atoms with E-state index in [4.69, 9.17) is 27.9 Å². The first-order valence-corrected chi connectivity index (χ1v) is 8.06. The number of hydrogen-bond acceptors (Lipinski definition) is 4. The van der Waals surface area contributed by atoms with Crippen molar-refractivity contribution in [3.63, 3.8) is 0 Å². The van der Waals surface area contributed by atoms with Gasteiger partial charge >= 0.3 is 0 Å². The Morgan fingerprint density at radius 3 is 2.62 bits per heavy atom. The summed E-state index contributed by atoms with van der Waals surface area (Å²) in [5, 5.41) is 0.443. The molecule has 2 aromatic rings. The molecule has 0 radical (unpaired) electrons. The van der Waals surface area contributed by atoms with Gasteiger partial charge in [-0.05, 0) is 30.7 Å². The van der Waals surface area contributed by atoms with Crippen molar-refractivity contribution in [2.75, 3.05) is 11.8 Å². The summed E-state index contributed by atoms with van der Waals surface area (Å²) < 4.78 is 32.3. The Morgan fingerprint density at radius 2 is 1.95 bits per heavy atom. The van der Waals surface area contributed by atoms with Crippen molar-refractivity contribution >= 4 is 38.9 Å². The Labute approximate surface area is 132 Å². The van der Waals surface area contributed by atoms with Gasteiger partial charge in [-0.15, -0.1) is 0 Å². The molecule has 2 rings (SSSR count). The molecule has 0 unspecified atom stereocenters. The summed E-state index contributed by atoms with van der Waals surface area (Å²) in [7, 11) is -2.50. The van der Waals surface area contributed by atoms with E-state index in [2.05, 4.69) is 9.71 Å². The number of nitrogens with one attached hydrogen (secondary N) is 1. The normalized spacial score (nSPS) is 11.2. The second-order valence-corrected chi connectivity index (χ2v) is 6.70. The minimum absolute atomic E-state index is 0.0352. The summed E-state index contributed by atoms with van der Waals surface area (Å²) in [6.07, 6.45) is 1.54. The number of anilines is 1. The molecular formula is C13H12Cl2N2O3S. The molecule has 8 heteroatoms. The van der Waals surface area contributed by atoms with Crippen LogP contribution in [0.1, 0.15) is 5.56 Å². The van der Waals surface area contributed by atoms with Crippen molar-refractivity contribution in [1.82, 2.24) is 4.98 Å². The van der Waals surface area contributed by atoms with Gasteiger partial charge in [0.25, 0.3) is 10.0 Å². The van der Waals surface area contributed by atoms with Crippen LogP contribution in [-0.2, 0) is 10.0 Å². The maximum atomic E-state index is 12.4. The average Bonchev–Trinajstić information content (AvgIpc) is 2.42. The SMILES string of the molecule is COc1cc(Cl)ccc1S(=O)(=O)Nc1cc(C)cnc1Cl. The first kappa shape index (κ1) is 15.9. The van der Waals surface area contributed by atoms with E-state index in [1.165, 1.54) is 25.3 Å². The van der Waals surface area contributed by atoms with Crippen LogP contribution < -0.4 is 9.46 Å². The van der Waals surface area contributed by atoms with E-state index in [0.717, 1.165) is 5.56 Å². The van der Waals surface area contributed by atoms with E-state index in [0.29, 0.717) is 5.02 Å². The third-order valence-corrected chi connectivity index (χ3v) is 4.58. The van der Waals surface area contributed by atoms with Gasteiger partial charge in [-0.25, -0.2) is 13.4 Å². The second-order valence-electron chi connectivity index (χ2n) is 4.25. The Balaban J connectivity index is 2.46. The highest BCUT2D eigenvalue weighted by atomic mass is 35.5. The van der Waals surface area contributed by atoms with Crippen LogP contribution >= 0.6 is 23.2 Å². The van der Waals surface area contributed by atoms with Crippen molar-refractivity contribution in [3.05, 3.63) is 46.2 Å². The number of pyridine rings is 1. The van der Waals surface area contributed by atoms with Crippen LogP contribution in [0.2, 0.25) is 10.2 Å². The topological polar surface area (TPSA) is 68.3 Å². The van der Waals surface area contributed by atoms with E-state index in [-0.39, 0.29) is 21.5 Å². The minimum atomic E-state index is -3.87. The molecule has 1 aromatic heterocycles. The van der Waals surface area contributed by atoms with Crippen LogP contribution in [0, 0.1) is 6.92 Å². The lowest BCUT2D eigenvalue weighted by molar-refractivity contribution is 0.403. The lowest BCUT2D eigenvalue weighted by atomic mass is 10.3. The smallest absolute Gasteiger partial charge is 0.265 e. The molecule has 0 spiro atoms. The lowest BCUT2D eigenvalue weighted by Gasteiger charge is -2.12. The highest BCUT2D eigenvalue weighted by Gasteiger charge is 2.21. The molecule has 0 bridgehead atoms. The predicted molar refractivity (Wildman–Crippen MR) is 82.8 cm³/mol. The van der Waals surface area contributed by atoms with Gasteiger partial charge in [0, 0.05) is 17.3 Å². The van der Waals surface area contributed by atoms with Crippen molar-refractivity contribution in [3.8, 4) is 5.75 Å². The summed E-state index contributed by atoms with van der Waals surface area (Å²) in [5.74, 6) is 0.145. The molecule has 1 N–H and O–H groups in total. The van der Waals surface area contributed by atoms with E-state index in [1.54, 1.807) is 19.2 Å². The number of sulfonamides is 1. The third kappa shape index (κ3) is 3.58. The maximum Gasteiger partial charge on any atom is 0.265 e. The highest BCUT2D eigenvalue weighted by Crippen LogP contribution is 2.30. The molecule has 0 saturated carbocycles. The fraction of sp³-hybridized carbons (Fsp3) is 0.154. The first-order chi connectivity index (χ1) is 9.83. The van der Waals surface area contributed by atoms with Gasteiger partial charge in [0.05, 0.1) is 12.8 Å². The van der Waals surface area contributed by atoms with Gasteiger partial charge in [-0.1, -0.05) is 23.2 Å². The molecule has 21 heavy (non-hydrogen) atoms. The third-order valence-electron chi connectivity index (χ3n) is 2.64. The van der Waals surface area contributed by atoms with Crippen LogP contribution in [-0.4, -0.2) is 20.5 Å². The zero-order valence-electron chi connectivity index (χ0n) is 11.2. The van der Waals surface area contributed by atoms with Crippen molar-refractivity contribution in [1.29, 1.82) is 0 Å². The molecule has 0 saturated heterocycles. The number of ether oxygens (including phenoxy) is 1. The van der Waals surface area contributed by atoms with Gasteiger partial charge in [-0.2, -0.15) is 0 Å². The van der Waals surface area contributed by atoms with Crippen LogP contribution in [0.3, 0.4) is 0 Å². The molecular weight excluding hydrogens is 335 g/mol. The monoisotopic (exact) mass is 346 g/mol. The number of halogens is 2. The summed E-state index contributed by atoms with van der Waals surface area (Å²) in [4.78, 5) is 3.86. The Morgan fingerprint density at radius 1 is 1.24 bits per heavy atom. The molecule has 0 amide bonds. The molecule has 0 fully saturated rings. The minimum Gasteiger partial charge on any atom is -0.495 e. The summed E-state index contributed by atoms with van der Waals surface area (Å²) in [6, 6.07) is 5.84. The van der Waals surface area contributed by atoms with E-state index >= 15 is 0 Å². The first-order valence-electron chi connectivity index (χ1n) is 5.82. The van der Waals surface area contributed by atoms with Crippen molar-refractivity contribution in [2.45, 2.75) is 11.8 Å². The van der Waals surface area contributed by atoms with Gasteiger partial charge in [0.15, 0.2) is 5.15 Å². The highest BCUT2D eigenvalue weighted by molar-refractivity contribution is 7.92. The number of rotatable bonds is 4. The zero-order chi connectivity index (χ0) is 15.6. The van der Waals surface area contributed by atoms with Crippen LogP contribution in [0.5, 0.6) is 5.75 Å². The van der Waals surface area contributed by atoms with Crippen molar-refractivity contribution in [2.24, 2.45) is 0 Å². The Bertz CT molecular complexity index is 779. The summed E-state index contributed by atoms with van der Waals surface area (Å²) >= 11 is 11.7. The average molecular weight is 347 g/mol. The number of hydrogen-bond donors (Lipinski definition) is 1. The van der Waals surface area contributed by atoms with Gasteiger partial charge in [-0.3, -0.25) is 4.72 Å². The molecule has 0 aliphatic carbocycles. The van der Waals surface area contributed by atoms with Gasteiger partial charge in [0.2, 0.25) is 0 Å². The zero-order valence-corrected chi connectivity index (χ0v) is 13.6. The van der Waals surface area contributed by atoms with Crippen LogP contribution in [0.15, 0.2) is 35.4 Å². The molecule has 0 aliphatic rings. The standard InChI is InChI=1S/C13H12Cl2N2O3S/c1-8-5-10(13(15)16-7-8)17-21(18,19)12-4-3-9(14)6-11(12)20-2/h3-7,17H,1-2H3. The molecule has 112 valence electrons. The molecule has 0 atom stereocenters. The van der Waals surface area contributed by atoms with Crippen LogP contribution in [0.4, 0.5) is 5.69 Å². The number of methoxy groups -OCH3 is 1. The molecule has 5 nitrogen and oxygen atoms in total. The number of aryl methyl sites for hydroxylation is 1. The van der Waals surface area contributed by atoms with E-state index < -0.39 is 10.0 Å². The lowest BCUT2D eigenvalue weighted by Crippen LogP contribution is -2.14. The van der Waals surface area contributed by atoms with Gasteiger partial charge in [0.1, 0.15) is 10.6 Å². The Hall–Kier alpha value is -1.50. The molecule has 1 heterocycles. The fourth-order valence-electron chi connectivity index (χ4n) is 1.69. The van der Waals surface area contributed by atoms with Crippen LogP contribution in [0.25, 0.3) is 0 Å². The van der Waals surface area contributed by atoms with E-state index in [9.17, 15) is 8.42 Å². The van der Waals surface area contributed by atoms with Crippen molar-refractivity contribution < 1.29 is 13.2 Å². The number of benzene rings is 1. The van der Waals surface area contributed by atoms with Gasteiger partial charge < -0.3 is 4.74 Å². The molecule has 1 aromatic carbocycles. The summed E-state index contributed by atoms with van der Waals surface area (Å²) in [5.41, 5.74) is 0.980. The second kappa shape index (κ2) is 6.09. The number of aromatic nitrogens is 1. The fourth-order valence-corrected chi connectivity index (χ4v) is 3.27. The Kier molecular flexibility index (Phi) is 4.61. The predicted octanol–water partition coefficient (Wildman–Crippen LogP) is 3.51. The molecule has 0 aliphatic heterocycles. The maximum absolute atomic E-state index is 12.4. The largest absolute Gasteiger partial charge is 0.495 e. The van der Waals surface area contributed by atoms with E-state index in [1.807, 2.05) is 0 Å².